The van der Waals surface area contributed by atoms with Crippen LogP contribution in [0.1, 0.15) is 20.8 Å². The third kappa shape index (κ3) is 3.43. The number of nitrogen functional groups attached to an aromatic ring is 1. The summed E-state index contributed by atoms with van der Waals surface area (Å²) in [5.41, 5.74) is 8.12. The minimum absolute atomic E-state index is 0.368. The average molecular weight is 326 g/mol. The first kappa shape index (κ1) is 15.7. The molecule has 0 aliphatic carbocycles. The zero-order valence-corrected chi connectivity index (χ0v) is 13.6. The molecule has 0 atom stereocenters. The van der Waals surface area contributed by atoms with Gasteiger partial charge in [0.15, 0.2) is 5.82 Å². The number of nitrogens with two attached hydrogens (primary N) is 1. The number of hydrogen-bond donors (Lipinski definition) is 2. The summed E-state index contributed by atoms with van der Waals surface area (Å²) in [6.07, 6.45) is 0.860. The van der Waals surface area contributed by atoms with Crippen molar-refractivity contribution in [3.63, 3.8) is 0 Å². The van der Waals surface area contributed by atoms with Gasteiger partial charge in [0.25, 0.3) is 0 Å². The molecule has 0 spiro atoms. The Labute approximate surface area is 138 Å². The van der Waals surface area contributed by atoms with E-state index in [4.69, 9.17) is 10.5 Å². The van der Waals surface area contributed by atoms with Crippen LogP contribution in [0.2, 0.25) is 0 Å². The van der Waals surface area contributed by atoms with Crippen LogP contribution >= 0.6 is 0 Å². The van der Waals surface area contributed by atoms with Crippen LogP contribution in [-0.4, -0.2) is 31.5 Å². The van der Waals surface area contributed by atoms with E-state index in [2.05, 4.69) is 20.5 Å². The number of fused-ring (bicyclic) bond motifs is 1. The SMILES string of the molecule is CC(C)(C)OC(=O)Nc1ccc(-c2cc3c(N)ncnn3n2)cc1. The summed E-state index contributed by atoms with van der Waals surface area (Å²) < 4.78 is 6.65. The Hall–Kier alpha value is -3.16. The number of hydrogen-bond acceptors (Lipinski definition) is 6. The fourth-order valence-electron chi connectivity index (χ4n) is 2.13. The number of carbonyl (C=O) groups excluding carboxylic acids is 1. The molecule has 3 rings (SSSR count). The lowest BCUT2D eigenvalue weighted by atomic mass is 10.1. The minimum Gasteiger partial charge on any atom is -0.444 e. The monoisotopic (exact) mass is 326 g/mol. The summed E-state index contributed by atoms with van der Waals surface area (Å²) in [6, 6.07) is 9.05. The zero-order chi connectivity index (χ0) is 17.3. The molecule has 0 saturated carbocycles. The number of ether oxygens (including phenoxy) is 1. The summed E-state index contributed by atoms with van der Waals surface area (Å²) in [5.74, 6) is 0.368. The molecular formula is C16H18N6O2. The van der Waals surface area contributed by atoms with E-state index in [1.165, 1.54) is 11.0 Å². The molecule has 1 aromatic carbocycles. The first-order chi connectivity index (χ1) is 11.3. The fourth-order valence-corrected chi connectivity index (χ4v) is 2.13. The second-order valence-corrected chi connectivity index (χ2v) is 6.25. The van der Waals surface area contributed by atoms with Gasteiger partial charge in [0.1, 0.15) is 17.4 Å². The summed E-state index contributed by atoms with van der Waals surface area (Å²) in [6.45, 7) is 5.44. The van der Waals surface area contributed by atoms with E-state index in [1.807, 2.05) is 39.0 Å². The maximum atomic E-state index is 11.8. The molecule has 8 nitrogen and oxygen atoms in total. The van der Waals surface area contributed by atoms with Gasteiger partial charge in [-0.2, -0.15) is 0 Å². The molecule has 0 saturated heterocycles. The second-order valence-electron chi connectivity index (χ2n) is 6.25. The number of aromatic nitrogens is 4. The smallest absolute Gasteiger partial charge is 0.412 e. The largest absolute Gasteiger partial charge is 0.444 e. The zero-order valence-electron chi connectivity index (χ0n) is 13.6. The molecule has 0 fully saturated rings. The third-order valence-corrected chi connectivity index (χ3v) is 3.14. The van der Waals surface area contributed by atoms with Gasteiger partial charge in [0.05, 0.1) is 5.69 Å². The van der Waals surface area contributed by atoms with Gasteiger partial charge < -0.3 is 10.5 Å². The van der Waals surface area contributed by atoms with Crippen molar-refractivity contribution in [2.45, 2.75) is 26.4 Å². The van der Waals surface area contributed by atoms with Gasteiger partial charge in [0, 0.05) is 11.3 Å². The van der Waals surface area contributed by atoms with Crippen LogP contribution in [0.3, 0.4) is 0 Å². The maximum absolute atomic E-state index is 11.8. The van der Waals surface area contributed by atoms with Crippen LogP contribution < -0.4 is 11.1 Å². The quantitative estimate of drug-likeness (QED) is 0.749. The lowest BCUT2D eigenvalue weighted by molar-refractivity contribution is 0.0636. The fraction of sp³-hybridized carbons (Fsp3) is 0.250. The highest BCUT2D eigenvalue weighted by molar-refractivity contribution is 5.85. The molecule has 2 heterocycles. The predicted molar refractivity (Wildman–Crippen MR) is 90.5 cm³/mol. The van der Waals surface area contributed by atoms with Gasteiger partial charge in [0.2, 0.25) is 0 Å². The van der Waals surface area contributed by atoms with E-state index in [0.29, 0.717) is 22.7 Å². The Bertz CT molecular complexity index is 880. The topological polar surface area (TPSA) is 107 Å². The van der Waals surface area contributed by atoms with Gasteiger partial charge in [-0.05, 0) is 39.0 Å². The number of amides is 1. The Morgan fingerprint density at radius 2 is 1.96 bits per heavy atom. The van der Waals surface area contributed by atoms with E-state index in [-0.39, 0.29) is 0 Å². The van der Waals surface area contributed by atoms with E-state index in [9.17, 15) is 4.79 Å². The molecule has 0 aliphatic rings. The standard InChI is InChI=1S/C16H18N6O2/c1-16(2,3)24-15(23)20-11-6-4-10(5-7-11)12-8-13-14(17)18-9-19-22(13)21-12/h4-9H,1-3H3,(H,20,23)(H2,17,18,19). The first-order valence-corrected chi connectivity index (χ1v) is 7.39. The number of carbonyl (C=O) groups is 1. The average Bonchev–Trinajstić information content (AvgIpc) is 2.91. The van der Waals surface area contributed by atoms with Crippen molar-refractivity contribution >= 4 is 23.1 Å². The molecule has 3 aromatic rings. The normalized spacial score (nSPS) is 11.5. The Morgan fingerprint density at radius 3 is 2.58 bits per heavy atom. The van der Waals surface area contributed by atoms with E-state index < -0.39 is 11.7 Å². The van der Waals surface area contributed by atoms with Crippen molar-refractivity contribution < 1.29 is 9.53 Å². The number of nitrogens with one attached hydrogen (secondary N) is 1. The van der Waals surface area contributed by atoms with Crippen molar-refractivity contribution in [2.75, 3.05) is 11.1 Å². The van der Waals surface area contributed by atoms with Crippen LogP contribution in [0.5, 0.6) is 0 Å². The number of rotatable bonds is 2. The van der Waals surface area contributed by atoms with Crippen LogP contribution in [-0.2, 0) is 4.74 Å². The summed E-state index contributed by atoms with van der Waals surface area (Å²) in [5, 5.41) is 11.1. The van der Waals surface area contributed by atoms with E-state index in [1.54, 1.807) is 12.1 Å². The van der Waals surface area contributed by atoms with Crippen molar-refractivity contribution in [1.82, 2.24) is 19.8 Å². The molecule has 0 aliphatic heterocycles. The third-order valence-electron chi connectivity index (χ3n) is 3.14. The van der Waals surface area contributed by atoms with Crippen molar-refractivity contribution in [2.24, 2.45) is 0 Å². The second kappa shape index (κ2) is 5.80. The Morgan fingerprint density at radius 1 is 1.25 bits per heavy atom. The van der Waals surface area contributed by atoms with E-state index >= 15 is 0 Å². The molecule has 0 bridgehead atoms. The van der Waals surface area contributed by atoms with Crippen LogP contribution in [0.15, 0.2) is 36.7 Å². The molecule has 8 heteroatoms. The van der Waals surface area contributed by atoms with Gasteiger partial charge in [-0.1, -0.05) is 12.1 Å². The van der Waals surface area contributed by atoms with Gasteiger partial charge in [-0.25, -0.2) is 9.78 Å². The summed E-state index contributed by atoms with van der Waals surface area (Å²) >= 11 is 0. The highest BCUT2D eigenvalue weighted by atomic mass is 16.6. The summed E-state index contributed by atoms with van der Waals surface area (Å²) in [7, 11) is 0. The Kier molecular flexibility index (Phi) is 3.80. The lowest BCUT2D eigenvalue weighted by Crippen LogP contribution is -2.27. The lowest BCUT2D eigenvalue weighted by Gasteiger charge is -2.19. The van der Waals surface area contributed by atoms with E-state index in [0.717, 1.165) is 5.56 Å². The molecule has 0 radical (unpaired) electrons. The number of nitrogens with zero attached hydrogens (tertiary/aromatic N) is 4. The molecule has 0 unspecified atom stereocenters. The predicted octanol–water partition coefficient (Wildman–Crippen LogP) is 2.72. The van der Waals surface area contributed by atoms with Crippen molar-refractivity contribution in [1.29, 1.82) is 0 Å². The highest BCUT2D eigenvalue weighted by Gasteiger charge is 2.16. The molecule has 124 valence electrons. The highest BCUT2D eigenvalue weighted by Crippen LogP contribution is 2.23. The van der Waals surface area contributed by atoms with Crippen molar-refractivity contribution in [3.05, 3.63) is 36.7 Å². The Balaban J connectivity index is 1.78. The molecular weight excluding hydrogens is 308 g/mol. The first-order valence-electron chi connectivity index (χ1n) is 7.39. The molecule has 3 N–H and O–H groups in total. The van der Waals surface area contributed by atoms with Crippen molar-refractivity contribution in [3.8, 4) is 11.3 Å². The number of anilines is 2. The molecule has 24 heavy (non-hydrogen) atoms. The summed E-state index contributed by atoms with van der Waals surface area (Å²) in [4.78, 5) is 15.7. The maximum Gasteiger partial charge on any atom is 0.412 e. The minimum atomic E-state index is -0.540. The van der Waals surface area contributed by atoms with Gasteiger partial charge in [-0.3, -0.25) is 5.32 Å². The molecule has 2 aromatic heterocycles. The van der Waals surface area contributed by atoms with Crippen LogP contribution in [0, 0.1) is 0 Å². The molecule has 1 amide bonds. The van der Waals surface area contributed by atoms with Crippen LogP contribution in [0.4, 0.5) is 16.3 Å². The van der Waals surface area contributed by atoms with Gasteiger partial charge >= 0.3 is 6.09 Å². The number of benzene rings is 1. The van der Waals surface area contributed by atoms with Gasteiger partial charge in [-0.15, -0.1) is 14.8 Å². The van der Waals surface area contributed by atoms with Crippen LogP contribution in [0.25, 0.3) is 16.8 Å².